The molecule has 0 saturated heterocycles. The number of aryl methyl sites for hydroxylation is 1. The van der Waals surface area contributed by atoms with Crippen molar-refractivity contribution in [2.45, 2.75) is 6.92 Å². The van der Waals surface area contributed by atoms with Gasteiger partial charge in [0.1, 0.15) is 18.1 Å². The molecule has 0 atom stereocenters. The number of nitrogens with one attached hydrogen (secondary N) is 1. The molecule has 2 aromatic heterocycles. The standard InChI is InChI=1S/C6H6N2S/c1-5-4-8-2-3-9-6(8)7-5/h2-4H,1H3/p+1. The predicted octanol–water partition coefficient (Wildman–Crippen LogP) is 1.12. The Labute approximate surface area is 56.8 Å². The van der Waals surface area contributed by atoms with Gasteiger partial charge in [0.25, 0.3) is 0 Å². The number of hydrogen-bond acceptors (Lipinski definition) is 1. The lowest BCUT2D eigenvalue weighted by atomic mass is 10.6. The van der Waals surface area contributed by atoms with Gasteiger partial charge in [-0.3, -0.25) is 0 Å². The van der Waals surface area contributed by atoms with E-state index < -0.39 is 0 Å². The van der Waals surface area contributed by atoms with Crippen LogP contribution in [-0.4, -0.2) is 4.98 Å². The van der Waals surface area contributed by atoms with Gasteiger partial charge in [0.15, 0.2) is 0 Å². The van der Waals surface area contributed by atoms with E-state index in [9.17, 15) is 0 Å². The van der Waals surface area contributed by atoms with Crippen LogP contribution in [-0.2, 0) is 0 Å². The minimum atomic E-state index is 1.20. The fourth-order valence-electron chi connectivity index (χ4n) is 0.894. The normalized spacial score (nSPS) is 10.8. The summed E-state index contributed by atoms with van der Waals surface area (Å²) in [5.74, 6) is 0. The zero-order valence-electron chi connectivity index (χ0n) is 5.09. The molecule has 9 heavy (non-hydrogen) atoms. The number of hydrogen-bond donors (Lipinski definition) is 1. The summed E-state index contributed by atoms with van der Waals surface area (Å²) >= 11 is 1.72. The lowest BCUT2D eigenvalue weighted by Gasteiger charge is -1.62. The van der Waals surface area contributed by atoms with Crippen LogP contribution in [0.15, 0.2) is 17.8 Å². The minimum Gasteiger partial charge on any atom is -0.232 e. The molecule has 0 aliphatic heterocycles. The third kappa shape index (κ3) is 0.650. The van der Waals surface area contributed by atoms with Crippen LogP contribution in [0.25, 0.3) is 4.96 Å². The van der Waals surface area contributed by atoms with Crippen LogP contribution in [0.3, 0.4) is 0 Å². The maximum atomic E-state index is 3.22. The number of fused-ring (bicyclic) bond motifs is 1. The second-order valence-electron chi connectivity index (χ2n) is 2.05. The average molecular weight is 139 g/mol. The number of nitrogens with zero attached hydrogens (tertiary/aromatic N) is 1. The fourth-order valence-corrected chi connectivity index (χ4v) is 1.67. The van der Waals surface area contributed by atoms with E-state index >= 15 is 0 Å². The Balaban J connectivity index is 2.92. The van der Waals surface area contributed by atoms with Crippen LogP contribution in [0.5, 0.6) is 0 Å². The molecule has 1 N–H and O–H groups in total. The van der Waals surface area contributed by atoms with Crippen LogP contribution in [0.1, 0.15) is 5.69 Å². The van der Waals surface area contributed by atoms with Crippen molar-refractivity contribution in [3.63, 3.8) is 0 Å². The fraction of sp³-hybridized carbons (Fsp3) is 0.167. The average Bonchev–Trinajstić information content (AvgIpc) is 2.22. The van der Waals surface area contributed by atoms with Gasteiger partial charge in [0, 0.05) is 12.3 Å². The van der Waals surface area contributed by atoms with Gasteiger partial charge in [-0.1, -0.05) is 11.3 Å². The predicted molar refractivity (Wildman–Crippen MR) is 36.6 cm³/mol. The Morgan fingerprint density at radius 2 is 2.56 bits per heavy atom. The van der Waals surface area contributed by atoms with Gasteiger partial charge in [-0.25, -0.2) is 4.98 Å². The largest absolute Gasteiger partial charge is 0.343 e. The zero-order chi connectivity index (χ0) is 6.27. The third-order valence-electron chi connectivity index (χ3n) is 1.27. The Hall–Kier alpha value is -0.830. The van der Waals surface area contributed by atoms with E-state index in [4.69, 9.17) is 0 Å². The van der Waals surface area contributed by atoms with Crippen molar-refractivity contribution in [2.24, 2.45) is 0 Å². The second kappa shape index (κ2) is 1.57. The number of rotatable bonds is 0. The zero-order valence-corrected chi connectivity index (χ0v) is 5.90. The smallest absolute Gasteiger partial charge is 0.232 e. The molecule has 0 unspecified atom stereocenters. The van der Waals surface area contributed by atoms with Crippen molar-refractivity contribution in [3.8, 4) is 0 Å². The summed E-state index contributed by atoms with van der Waals surface area (Å²) in [5, 5.41) is 2.06. The molecule has 0 amide bonds. The van der Waals surface area contributed by atoms with Crippen molar-refractivity contribution in [1.29, 1.82) is 0 Å². The number of imidazole rings is 1. The topological polar surface area (TPSA) is 19.9 Å². The quantitative estimate of drug-likeness (QED) is 0.528. The van der Waals surface area contributed by atoms with E-state index in [-0.39, 0.29) is 0 Å². The van der Waals surface area contributed by atoms with Crippen LogP contribution in [0.2, 0.25) is 0 Å². The first-order valence-electron chi connectivity index (χ1n) is 2.80. The van der Waals surface area contributed by atoms with Crippen LogP contribution < -0.4 is 4.40 Å². The molecule has 0 aromatic carbocycles. The maximum absolute atomic E-state index is 3.22. The molecule has 0 radical (unpaired) electrons. The summed E-state index contributed by atoms with van der Waals surface area (Å²) in [4.78, 5) is 4.42. The molecule has 46 valence electrons. The molecular weight excluding hydrogens is 132 g/mol. The highest BCUT2D eigenvalue weighted by atomic mass is 32.1. The Kier molecular flexibility index (Phi) is 0.873. The lowest BCUT2D eigenvalue weighted by Crippen LogP contribution is -2.11. The molecule has 0 spiro atoms. The van der Waals surface area contributed by atoms with Gasteiger partial charge in [-0.2, -0.15) is 4.40 Å². The first-order valence-corrected chi connectivity index (χ1v) is 3.68. The first-order chi connectivity index (χ1) is 4.36. The van der Waals surface area contributed by atoms with Gasteiger partial charge in [0.05, 0.1) is 0 Å². The number of aromatic nitrogens is 2. The number of aromatic amines is 1. The number of thiazole rings is 1. The van der Waals surface area contributed by atoms with E-state index in [0.29, 0.717) is 0 Å². The van der Waals surface area contributed by atoms with E-state index in [1.165, 1.54) is 10.7 Å². The third-order valence-corrected chi connectivity index (χ3v) is 2.07. The molecule has 0 saturated carbocycles. The van der Waals surface area contributed by atoms with E-state index in [1.807, 2.05) is 6.20 Å². The molecule has 2 aromatic rings. The molecule has 3 heteroatoms. The van der Waals surface area contributed by atoms with Crippen LogP contribution in [0, 0.1) is 6.92 Å². The van der Waals surface area contributed by atoms with E-state index in [2.05, 4.69) is 27.9 Å². The van der Waals surface area contributed by atoms with Crippen LogP contribution in [0.4, 0.5) is 0 Å². The highest BCUT2D eigenvalue weighted by Crippen LogP contribution is 2.02. The summed E-state index contributed by atoms with van der Waals surface area (Å²) in [6, 6.07) is 0. The summed E-state index contributed by atoms with van der Waals surface area (Å²) in [6.45, 7) is 2.06. The monoisotopic (exact) mass is 139 g/mol. The molecule has 2 nitrogen and oxygen atoms in total. The highest BCUT2D eigenvalue weighted by molar-refractivity contribution is 7.14. The number of H-pyrrole nitrogens is 1. The van der Waals surface area contributed by atoms with E-state index in [0.717, 1.165) is 0 Å². The molecular formula is C6H7N2S+. The van der Waals surface area contributed by atoms with Crippen molar-refractivity contribution in [2.75, 3.05) is 0 Å². The molecule has 0 bridgehead atoms. The first kappa shape index (κ1) is 4.99. The Morgan fingerprint density at radius 1 is 1.67 bits per heavy atom. The van der Waals surface area contributed by atoms with Crippen molar-refractivity contribution < 1.29 is 4.40 Å². The van der Waals surface area contributed by atoms with Gasteiger partial charge in [-0.15, -0.1) is 0 Å². The SMILES string of the molecule is Cc1c[n+]2ccsc2[nH]1. The van der Waals surface area contributed by atoms with E-state index in [1.54, 1.807) is 11.3 Å². The summed E-state index contributed by atoms with van der Waals surface area (Å²) in [6.07, 6.45) is 4.12. The Morgan fingerprint density at radius 3 is 3.33 bits per heavy atom. The maximum Gasteiger partial charge on any atom is 0.343 e. The molecule has 0 fully saturated rings. The highest BCUT2D eigenvalue weighted by Gasteiger charge is 2.03. The molecule has 0 aliphatic carbocycles. The molecule has 2 rings (SSSR count). The Bertz CT molecular complexity index is 292. The van der Waals surface area contributed by atoms with Crippen molar-refractivity contribution in [3.05, 3.63) is 23.5 Å². The molecule has 0 aliphatic rings. The summed E-state index contributed by atoms with van der Waals surface area (Å²) in [7, 11) is 0. The minimum absolute atomic E-state index is 1.20. The second-order valence-corrected chi connectivity index (χ2v) is 2.95. The lowest BCUT2D eigenvalue weighted by molar-refractivity contribution is -0.505. The van der Waals surface area contributed by atoms with Gasteiger partial charge < -0.3 is 0 Å². The van der Waals surface area contributed by atoms with Gasteiger partial charge in [-0.05, 0) is 0 Å². The molecule has 2 heterocycles. The van der Waals surface area contributed by atoms with Gasteiger partial charge in [0.2, 0.25) is 0 Å². The van der Waals surface area contributed by atoms with Gasteiger partial charge >= 0.3 is 4.96 Å². The summed E-state index contributed by atoms with van der Waals surface area (Å²) in [5.41, 5.74) is 1.21. The van der Waals surface area contributed by atoms with Crippen LogP contribution >= 0.6 is 11.3 Å². The van der Waals surface area contributed by atoms with Crippen molar-refractivity contribution in [1.82, 2.24) is 4.98 Å². The summed E-state index contributed by atoms with van der Waals surface area (Å²) < 4.78 is 2.08. The van der Waals surface area contributed by atoms with Crippen molar-refractivity contribution >= 4 is 16.3 Å².